The molecule has 3 amide bonds. The zero-order valence-electron chi connectivity index (χ0n) is 26.8. The number of esters is 1. The van der Waals surface area contributed by atoms with Gasteiger partial charge >= 0.3 is 5.97 Å². The number of amides is 3. The fourth-order valence-corrected chi connectivity index (χ4v) is 11.3. The van der Waals surface area contributed by atoms with Crippen molar-refractivity contribution >= 4 is 23.7 Å². The molecule has 0 aromatic rings. The molecule has 8 heteroatoms. The van der Waals surface area contributed by atoms with Gasteiger partial charge in [0, 0.05) is 17.4 Å². The number of methoxy groups -OCH3 is 1. The number of ether oxygens (including phenoxy) is 1. The van der Waals surface area contributed by atoms with Gasteiger partial charge in [0.2, 0.25) is 17.7 Å². The van der Waals surface area contributed by atoms with E-state index in [9.17, 15) is 19.2 Å². The summed E-state index contributed by atoms with van der Waals surface area (Å²) in [5.41, 5.74) is -0.499. The Labute approximate surface area is 258 Å². The van der Waals surface area contributed by atoms with Gasteiger partial charge in [0.15, 0.2) is 0 Å². The van der Waals surface area contributed by atoms with Crippen molar-refractivity contribution in [2.24, 2.45) is 52.3 Å². The molecule has 3 N–H and O–H groups in total. The molecule has 8 aliphatic rings. The van der Waals surface area contributed by atoms with Crippen LogP contribution in [-0.4, -0.2) is 49.4 Å². The van der Waals surface area contributed by atoms with E-state index < -0.39 is 18.1 Å². The molecule has 0 saturated heterocycles. The summed E-state index contributed by atoms with van der Waals surface area (Å²) in [4.78, 5) is 53.4. The largest absolute Gasteiger partial charge is 0.467 e. The molecule has 8 fully saturated rings. The zero-order valence-corrected chi connectivity index (χ0v) is 26.8. The van der Waals surface area contributed by atoms with Crippen LogP contribution in [0.5, 0.6) is 0 Å². The Bertz CT molecular complexity index is 1010. The molecule has 0 spiro atoms. The standard InChI is InChI=1S/C35H55N3O5/c1-21(2)8-29(31(40)43-3)37-30(39)28(38-33(42)35-18-25-12-26(19-35)14-27(13-25)20-35)6-4-5-7-36-32(41)34-15-22-9-23(16-34)11-24(10-22)17-34/h21-29H,4-20H2,1-3H3,(H,36,41)(H,37,39)(H,38,42)/t22?,23?,24?,25?,26?,27?,28-,29-,34?,35?/m0/s1. The second-order valence-corrected chi connectivity index (χ2v) is 16.4. The molecule has 8 bridgehead atoms. The van der Waals surface area contributed by atoms with Crippen molar-refractivity contribution in [3.05, 3.63) is 0 Å². The minimum atomic E-state index is -0.740. The van der Waals surface area contributed by atoms with Crippen LogP contribution >= 0.6 is 0 Å². The highest BCUT2D eigenvalue weighted by Gasteiger charge is 2.56. The van der Waals surface area contributed by atoms with Crippen LogP contribution in [0.1, 0.15) is 117 Å². The van der Waals surface area contributed by atoms with Gasteiger partial charge in [0.1, 0.15) is 12.1 Å². The lowest BCUT2D eigenvalue weighted by molar-refractivity contribution is -0.149. The SMILES string of the molecule is COC(=O)[C@H](CC(C)C)NC(=O)[C@H](CCCCNC(=O)C12CC3CC(CC(C3)C1)C2)NC(=O)C12CC3CC(CC(C3)C1)C2. The Hall–Kier alpha value is -2.12. The summed E-state index contributed by atoms with van der Waals surface area (Å²) in [6.07, 6.45) is 16.1. The van der Waals surface area contributed by atoms with E-state index in [0.717, 1.165) is 62.7 Å². The lowest BCUT2D eigenvalue weighted by Gasteiger charge is -2.55. The van der Waals surface area contributed by atoms with Crippen LogP contribution in [-0.2, 0) is 23.9 Å². The molecule has 0 heterocycles. The smallest absolute Gasteiger partial charge is 0.328 e. The summed E-state index contributed by atoms with van der Waals surface area (Å²) in [5, 5.41) is 9.36. The van der Waals surface area contributed by atoms with Crippen LogP contribution in [0.3, 0.4) is 0 Å². The van der Waals surface area contributed by atoms with E-state index in [4.69, 9.17) is 4.74 Å². The summed E-state index contributed by atoms with van der Waals surface area (Å²) in [6.45, 7) is 4.61. The maximum Gasteiger partial charge on any atom is 0.328 e. The molecule has 0 unspecified atom stereocenters. The molecule has 240 valence electrons. The minimum Gasteiger partial charge on any atom is -0.467 e. The molecule has 8 nitrogen and oxygen atoms in total. The van der Waals surface area contributed by atoms with Gasteiger partial charge in [0.25, 0.3) is 0 Å². The van der Waals surface area contributed by atoms with Crippen molar-refractivity contribution in [2.45, 2.75) is 129 Å². The summed E-state index contributed by atoms with van der Waals surface area (Å²) >= 11 is 0. The van der Waals surface area contributed by atoms with Gasteiger partial charge in [-0.2, -0.15) is 0 Å². The van der Waals surface area contributed by atoms with E-state index in [1.807, 2.05) is 13.8 Å². The average molecular weight is 598 g/mol. The van der Waals surface area contributed by atoms with Crippen LogP contribution in [0.4, 0.5) is 0 Å². The molecule has 0 aliphatic heterocycles. The first-order valence-corrected chi connectivity index (χ1v) is 17.5. The van der Waals surface area contributed by atoms with Crippen molar-refractivity contribution in [2.75, 3.05) is 13.7 Å². The van der Waals surface area contributed by atoms with Crippen molar-refractivity contribution in [3.8, 4) is 0 Å². The quantitative estimate of drug-likeness (QED) is 0.207. The Morgan fingerprint density at radius 1 is 0.674 bits per heavy atom. The van der Waals surface area contributed by atoms with Gasteiger partial charge in [0.05, 0.1) is 7.11 Å². The van der Waals surface area contributed by atoms with Crippen molar-refractivity contribution in [1.29, 1.82) is 0 Å². The molecular formula is C35H55N3O5. The number of carbonyl (C=O) groups excluding carboxylic acids is 4. The number of nitrogens with one attached hydrogen (secondary N) is 3. The maximum atomic E-state index is 13.9. The highest BCUT2D eigenvalue weighted by Crippen LogP contribution is 2.61. The summed E-state index contributed by atoms with van der Waals surface area (Å²) < 4.78 is 4.98. The Morgan fingerprint density at radius 2 is 1.14 bits per heavy atom. The second-order valence-electron chi connectivity index (χ2n) is 16.4. The van der Waals surface area contributed by atoms with E-state index in [2.05, 4.69) is 16.0 Å². The number of hydrogen-bond acceptors (Lipinski definition) is 5. The Morgan fingerprint density at radius 3 is 1.58 bits per heavy atom. The summed E-state index contributed by atoms with van der Waals surface area (Å²) in [5.74, 6) is 3.81. The van der Waals surface area contributed by atoms with Gasteiger partial charge < -0.3 is 20.7 Å². The third-order valence-corrected chi connectivity index (χ3v) is 12.4. The minimum absolute atomic E-state index is 0.0281. The molecular weight excluding hydrogens is 542 g/mol. The highest BCUT2D eigenvalue weighted by atomic mass is 16.5. The molecule has 0 aromatic carbocycles. The highest BCUT2D eigenvalue weighted by molar-refractivity contribution is 5.92. The zero-order chi connectivity index (χ0) is 30.4. The van der Waals surface area contributed by atoms with Crippen LogP contribution in [0.25, 0.3) is 0 Å². The normalized spacial score (nSPS) is 38.0. The maximum absolute atomic E-state index is 13.9. The van der Waals surface area contributed by atoms with E-state index in [0.29, 0.717) is 43.6 Å². The first kappa shape index (κ1) is 30.9. The Kier molecular flexibility index (Phi) is 8.87. The summed E-state index contributed by atoms with van der Waals surface area (Å²) in [6, 6.07) is -1.45. The van der Waals surface area contributed by atoms with E-state index in [-0.39, 0.29) is 34.5 Å². The molecule has 8 rings (SSSR count). The monoisotopic (exact) mass is 597 g/mol. The van der Waals surface area contributed by atoms with E-state index in [1.165, 1.54) is 45.6 Å². The number of unbranched alkanes of at least 4 members (excludes halogenated alkanes) is 1. The topological polar surface area (TPSA) is 114 Å². The summed E-state index contributed by atoms with van der Waals surface area (Å²) in [7, 11) is 1.34. The fraction of sp³-hybridized carbons (Fsp3) is 0.886. The predicted octanol–water partition coefficient (Wildman–Crippen LogP) is 4.89. The van der Waals surface area contributed by atoms with Crippen molar-refractivity contribution < 1.29 is 23.9 Å². The molecule has 43 heavy (non-hydrogen) atoms. The molecule has 0 radical (unpaired) electrons. The molecule has 0 aromatic heterocycles. The molecule has 8 aliphatic carbocycles. The van der Waals surface area contributed by atoms with Gasteiger partial charge in [-0.3, -0.25) is 14.4 Å². The number of rotatable bonds is 13. The number of hydrogen-bond donors (Lipinski definition) is 3. The third kappa shape index (κ3) is 6.49. The van der Waals surface area contributed by atoms with E-state index >= 15 is 0 Å². The molecule has 8 saturated carbocycles. The first-order chi connectivity index (χ1) is 20.6. The third-order valence-electron chi connectivity index (χ3n) is 12.4. The lowest BCUT2D eigenvalue weighted by Crippen LogP contribution is -2.58. The Balaban J connectivity index is 1.06. The van der Waals surface area contributed by atoms with E-state index in [1.54, 1.807) is 0 Å². The van der Waals surface area contributed by atoms with Crippen LogP contribution < -0.4 is 16.0 Å². The second kappa shape index (κ2) is 12.3. The molecule has 2 atom stereocenters. The fourth-order valence-electron chi connectivity index (χ4n) is 11.3. The average Bonchev–Trinajstić information content (AvgIpc) is 2.93. The van der Waals surface area contributed by atoms with Gasteiger partial charge in [-0.25, -0.2) is 4.79 Å². The predicted molar refractivity (Wildman–Crippen MR) is 163 cm³/mol. The van der Waals surface area contributed by atoms with Crippen molar-refractivity contribution in [3.63, 3.8) is 0 Å². The van der Waals surface area contributed by atoms with Crippen LogP contribution in [0, 0.1) is 52.3 Å². The van der Waals surface area contributed by atoms with Crippen LogP contribution in [0.2, 0.25) is 0 Å². The van der Waals surface area contributed by atoms with Crippen molar-refractivity contribution in [1.82, 2.24) is 16.0 Å². The van der Waals surface area contributed by atoms with Gasteiger partial charge in [-0.15, -0.1) is 0 Å². The van der Waals surface area contributed by atoms with Gasteiger partial charge in [-0.1, -0.05) is 13.8 Å². The first-order valence-electron chi connectivity index (χ1n) is 17.5. The van der Waals surface area contributed by atoms with Gasteiger partial charge in [-0.05, 0) is 144 Å². The van der Waals surface area contributed by atoms with Crippen LogP contribution in [0.15, 0.2) is 0 Å². The lowest BCUT2D eigenvalue weighted by atomic mass is 9.49. The number of carbonyl (C=O) groups is 4.